The van der Waals surface area contributed by atoms with E-state index in [9.17, 15) is 9.90 Å². The van der Waals surface area contributed by atoms with E-state index in [1.54, 1.807) is 11.8 Å². The molecule has 2 N–H and O–H groups in total. The smallest absolute Gasteiger partial charge is 0.233 e. The molecule has 1 aliphatic rings. The minimum Gasteiger partial charge on any atom is -0.388 e. The average Bonchev–Trinajstić information content (AvgIpc) is 2.44. The lowest BCUT2D eigenvalue weighted by Gasteiger charge is -2.37. The molecule has 1 amide bonds. The van der Waals surface area contributed by atoms with Gasteiger partial charge in [-0.1, -0.05) is 44.2 Å². The Labute approximate surface area is 131 Å². The number of carbonyl (C=O) groups is 1. The molecule has 116 valence electrons. The monoisotopic (exact) mass is 307 g/mol. The van der Waals surface area contributed by atoms with Gasteiger partial charge in [0.25, 0.3) is 0 Å². The molecule has 4 heteroatoms. The van der Waals surface area contributed by atoms with E-state index in [-0.39, 0.29) is 17.1 Å². The standard InChI is InChI=1S/C17H25NO2S/c1-13(2)15(21-11-14-7-4-3-5-8-14)16(19)18-12-17(20)9-6-10-17/h3-5,7-8,13,15,20H,6,9-12H2,1-2H3,(H,18,19). The summed E-state index contributed by atoms with van der Waals surface area (Å²) in [7, 11) is 0. The number of hydrogen-bond donors (Lipinski definition) is 2. The summed E-state index contributed by atoms with van der Waals surface area (Å²) in [5, 5.41) is 12.9. The van der Waals surface area contributed by atoms with Crippen LogP contribution < -0.4 is 5.32 Å². The molecular formula is C17H25NO2S. The second kappa shape index (κ2) is 7.32. The fourth-order valence-corrected chi connectivity index (χ4v) is 3.63. The Kier molecular flexibility index (Phi) is 5.71. The number of carbonyl (C=O) groups excluding carboxylic acids is 1. The molecule has 0 spiro atoms. The lowest BCUT2D eigenvalue weighted by atomic mass is 9.80. The molecule has 0 aromatic heterocycles. The van der Waals surface area contributed by atoms with Crippen LogP contribution in [-0.4, -0.2) is 28.4 Å². The van der Waals surface area contributed by atoms with Gasteiger partial charge in [0, 0.05) is 12.3 Å². The second-order valence-electron chi connectivity index (χ2n) is 6.26. The topological polar surface area (TPSA) is 49.3 Å². The van der Waals surface area contributed by atoms with Crippen molar-refractivity contribution in [3.05, 3.63) is 35.9 Å². The van der Waals surface area contributed by atoms with Crippen LogP contribution in [0.2, 0.25) is 0 Å². The second-order valence-corrected chi connectivity index (χ2v) is 7.39. The van der Waals surface area contributed by atoms with Crippen molar-refractivity contribution in [1.29, 1.82) is 0 Å². The highest BCUT2D eigenvalue weighted by Crippen LogP contribution is 2.31. The Balaban J connectivity index is 1.84. The summed E-state index contributed by atoms with van der Waals surface area (Å²) in [6.45, 7) is 4.53. The van der Waals surface area contributed by atoms with Crippen LogP contribution in [0.4, 0.5) is 0 Å². The van der Waals surface area contributed by atoms with E-state index >= 15 is 0 Å². The van der Waals surface area contributed by atoms with Gasteiger partial charge in [-0.2, -0.15) is 0 Å². The fourth-order valence-electron chi connectivity index (χ4n) is 2.45. The first-order chi connectivity index (χ1) is 10.0. The fraction of sp³-hybridized carbons (Fsp3) is 0.588. The summed E-state index contributed by atoms with van der Waals surface area (Å²) in [4.78, 5) is 12.3. The molecular weight excluding hydrogens is 282 g/mol. The Morgan fingerprint density at radius 2 is 2.00 bits per heavy atom. The largest absolute Gasteiger partial charge is 0.388 e. The van der Waals surface area contributed by atoms with Crippen LogP contribution >= 0.6 is 11.8 Å². The van der Waals surface area contributed by atoms with Crippen LogP contribution in [0, 0.1) is 5.92 Å². The zero-order valence-corrected chi connectivity index (χ0v) is 13.7. The number of benzene rings is 1. The van der Waals surface area contributed by atoms with E-state index in [0.29, 0.717) is 6.54 Å². The number of hydrogen-bond acceptors (Lipinski definition) is 3. The highest BCUT2D eigenvalue weighted by atomic mass is 32.2. The summed E-state index contributed by atoms with van der Waals surface area (Å²) in [6, 6.07) is 10.2. The predicted molar refractivity (Wildman–Crippen MR) is 88.2 cm³/mol. The number of nitrogens with one attached hydrogen (secondary N) is 1. The molecule has 0 saturated heterocycles. The lowest BCUT2D eigenvalue weighted by Crippen LogP contribution is -2.50. The maximum atomic E-state index is 12.3. The van der Waals surface area contributed by atoms with Crippen molar-refractivity contribution in [1.82, 2.24) is 5.32 Å². The molecule has 1 aromatic carbocycles. The SMILES string of the molecule is CC(C)C(SCc1ccccc1)C(=O)NCC1(O)CCC1. The minimum atomic E-state index is -0.652. The van der Waals surface area contributed by atoms with Crippen molar-refractivity contribution >= 4 is 17.7 Å². The van der Waals surface area contributed by atoms with Gasteiger partial charge < -0.3 is 10.4 Å². The maximum absolute atomic E-state index is 12.3. The van der Waals surface area contributed by atoms with Crippen LogP contribution in [0.15, 0.2) is 30.3 Å². The van der Waals surface area contributed by atoms with Crippen molar-refractivity contribution in [3.8, 4) is 0 Å². The summed E-state index contributed by atoms with van der Waals surface area (Å²) in [6.07, 6.45) is 2.66. The van der Waals surface area contributed by atoms with E-state index in [2.05, 4.69) is 31.3 Å². The van der Waals surface area contributed by atoms with Crippen molar-refractivity contribution < 1.29 is 9.90 Å². The van der Waals surface area contributed by atoms with Crippen molar-refractivity contribution in [3.63, 3.8) is 0 Å². The molecule has 1 aromatic rings. The van der Waals surface area contributed by atoms with Gasteiger partial charge in [0.15, 0.2) is 0 Å². The maximum Gasteiger partial charge on any atom is 0.233 e. The van der Waals surface area contributed by atoms with Crippen LogP contribution in [0.3, 0.4) is 0 Å². The summed E-state index contributed by atoms with van der Waals surface area (Å²) >= 11 is 1.67. The molecule has 3 nitrogen and oxygen atoms in total. The number of rotatable bonds is 7. The predicted octanol–water partition coefficient (Wildman–Crippen LogP) is 2.98. The van der Waals surface area contributed by atoms with Crippen molar-refractivity contribution in [2.75, 3.05) is 6.54 Å². The Morgan fingerprint density at radius 1 is 1.33 bits per heavy atom. The minimum absolute atomic E-state index is 0.0475. The van der Waals surface area contributed by atoms with Crippen LogP contribution in [0.25, 0.3) is 0 Å². The quantitative estimate of drug-likeness (QED) is 0.814. The Hall–Kier alpha value is -1.00. The van der Waals surface area contributed by atoms with E-state index < -0.39 is 5.60 Å². The van der Waals surface area contributed by atoms with Crippen LogP contribution in [0.5, 0.6) is 0 Å². The number of aliphatic hydroxyl groups is 1. The molecule has 0 heterocycles. The molecule has 0 aliphatic heterocycles. The third-order valence-electron chi connectivity index (χ3n) is 4.01. The molecule has 0 radical (unpaired) electrons. The summed E-state index contributed by atoms with van der Waals surface area (Å²) < 4.78 is 0. The van der Waals surface area contributed by atoms with E-state index in [0.717, 1.165) is 25.0 Å². The van der Waals surface area contributed by atoms with Crippen molar-refractivity contribution in [2.45, 2.75) is 49.7 Å². The molecule has 21 heavy (non-hydrogen) atoms. The van der Waals surface area contributed by atoms with Crippen molar-refractivity contribution in [2.24, 2.45) is 5.92 Å². The normalized spacial score (nSPS) is 18.1. The van der Waals surface area contributed by atoms with Gasteiger partial charge in [0.1, 0.15) is 0 Å². The van der Waals surface area contributed by atoms with E-state index in [1.807, 2.05) is 18.2 Å². The van der Waals surface area contributed by atoms with Gasteiger partial charge in [0.05, 0.1) is 10.9 Å². The summed E-state index contributed by atoms with van der Waals surface area (Å²) in [5.74, 6) is 1.16. The van der Waals surface area contributed by atoms with Crippen LogP contribution in [-0.2, 0) is 10.5 Å². The Morgan fingerprint density at radius 3 is 2.52 bits per heavy atom. The molecule has 1 atom stereocenters. The first-order valence-corrected chi connectivity index (χ1v) is 8.71. The molecule has 1 saturated carbocycles. The first-order valence-electron chi connectivity index (χ1n) is 7.66. The van der Waals surface area contributed by atoms with Gasteiger partial charge >= 0.3 is 0 Å². The third-order valence-corrected chi connectivity index (χ3v) is 5.63. The van der Waals surface area contributed by atoms with Gasteiger partial charge in [-0.05, 0) is 30.7 Å². The van der Waals surface area contributed by atoms with E-state index in [4.69, 9.17) is 0 Å². The summed E-state index contributed by atoms with van der Waals surface area (Å²) in [5.41, 5.74) is 0.583. The van der Waals surface area contributed by atoms with E-state index in [1.165, 1.54) is 5.56 Å². The molecule has 0 bridgehead atoms. The van der Waals surface area contributed by atoms with Crippen LogP contribution in [0.1, 0.15) is 38.7 Å². The highest BCUT2D eigenvalue weighted by Gasteiger charge is 2.35. The average molecular weight is 307 g/mol. The van der Waals surface area contributed by atoms with Gasteiger partial charge in [-0.3, -0.25) is 4.79 Å². The zero-order chi connectivity index (χ0) is 15.3. The number of amides is 1. The highest BCUT2D eigenvalue weighted by molar-refractivity contribution is 7.99. The molecule has 2 rings (SSSR count). The Bertz CT molecular complexity index is 457. The third kappa shape index (κ3) is 4.75. The first kappa shape index (κ1) is 16.4. The molecule has 1 unspecified atom stereocenters. The zero-order valence-electron chi connectivity index (χ0n) is 12.8. The molecule has 1 aliphatic carbocycles. The van der Waals surface area contributed by atoms with Gasteiger partial charge in [-0.25, -0.2) is 0 Å². The van der Waals surface area contributed by atoms with Gasteiger partial charge in [-0.15, -0.1) is 11.8 Å². The molecule has 1 fully saturated rings. The van der Waals surface area contributed by atoms with Gasteiger partial charge in [0.2, 0.25) is 5.91 Å². The number of thioether (sulfide) groups is 1. The lowest BCUT2D eigenvalue weighted by molar-refractivity contribution is -0.123.